The lowest BCUT2D eigenvalue weighted by molar-refractivity contribution is -0.124. The zero-order valence-electron chi connectivity index (χ0n) is 25.5. The third-order valence-corrected chi connectivity index (χ3v) is 8.39. The van der Waals surface area contributed by atoms with Crippen LogP contribution < -0.4 is 21.9 Å². The minimum Gasteiger partial charge on any atom is -0.384 e. The lowest BCUT2D eigenvalue weighted by Crippen LogP contribution is -2.36. The molecule has 11 nitrogen and oxygen atoms in total. The molecule has 0 saturated heterocycles. The summed E-state index contributed by atoms with van der Waals surface area (Å²) in [5.41, 5.74) is 9.98. The Labute approximate surface area is 259 Å². The number of aryl methyl sites for hydroxylation is 1. The number of pyridine rings is 1. The third kappa shape index (κ3) is 7.20. The molecule has 0 saturated carbocycles. The van der Waals surface area contributed by atoms with Gasteiger partial charge in [-0.15, -0.1) is 11.3 Å². The molecule has 4 aromatic rings. The third-order valence-electron chi connectivity index (χ3n) is 7.30. The molecule has 1 aliphatic rings. The molecule has 0 radical (unpaired) electrons. The second kappa shape index (κ2) is 14.6. The van der Waals surface area contributed by atoms with E-state index in [1.54, 1.807) is 30.6 Å². The zero-order valence-corrected chi connectivity index (χ0v) is 26.3. The maximum Gasteiger partial charge on any atom is 0.277 e. The highest BCUT2D eigenvalue weighted by molar-refractivity contribution is 7.19. The topological polar surface area (TPSA) is 158 Å². The molecule has 44 heavy (non-hydrogen) atoms. The number of thiophene rings is 1. The number of nitrogens with one attached hydrogen (secondary N) is 2. The van der Waals surface area contributed by atoms with Crippen molar-refractivity contribution in [3.8, 4) is 0 Å². The standard InChI is InChI=1S/C17H18N6O2S.C15H19NO2/c1-19-11-8-21-15-3-2-12(23(15)17(11)25)16(24)22-7-10-4-9-6-20-14(18)5-13(9)26-10;1-5-7-8-12(4)15(11(3)6-2)14-9-13(10-17)18-16-14/h4-6,8,12,19H,2-3,7H2,1H3,(H2,18,20)(H,22,24);5,7-10H,6H2,1-4H3/b;7-5-,12-8-,15-11?. The number of allylic oxidation sites excluding steroid dienone is 6. The van der Waals surface area contributed by atoms with E-state index in [4.69, 9.17) is 10.3 Å². The van der Waals surface area contributed by atoms with E-state index >= 15 is 0 Å². The number of aromatic nitrogens is 4. The first kappa shape index (κ1) is 32.1. The van der Waals surface area contributed by atoms with Crippen molar-refractivity contribution in [1.29, 1.82) is 0 Å². The van der Waals surface area contributed by atoms with Crippen molar-refractivity contribution >= 4 is 50.7 Å². The number of carbonyl (C=O) groups is 2. The van der Waals surface area contributed by atoms with E-state index in [0.29, 0.717) is 43.0 Å². The maximum atomic E-state index is 12.7. The van der Waals surface area contributed by atoms with Gasteiger partial charge in [-0.1, -0.05) is 35.9 Å². The van der Waals surface area contributed by atoms with Crippen molar-refractivity contribution in [2.75, 3.05) is 18.1 Å². The quantitative estimate of drug-likeness (QED) is 0.164. The molecule has 1 atom stereocenters. The number of aldehydes is 1. The summed E-state index contributed by atoms with van der Waals surface area (Å²) in [6.07, 6.45) is 12.0. The summed E-state index contributed by atoms with van der Waals surface area (Å²) in [5.74, 6) is 1.21. The molecule has 12 heteroatoms. The van der Waals surface area contributed by atoms with E-state index in [2.05, 4.69) is 39.6 Å². The summed E-state index contributed by atoms with van der Waals surface area (Å²) >= 11 is 1.57. The molecular formula is C32H37N7O4S. The molecule has 5 rings (SSSR count). The van der Waals surface area contributed by atoms with Gasteiger partial charge in [0.15, 0.2) is 12.0 Å². The SMILES string of the molecule is C/C=C\C=C(\C)C(=C(C)CC)c1cc(C=O)on1.CNc1cnc2n(c1=O)C(C(=O)NCc1cc3cnc(N)cc3s1)CC2. The highest BCUT2D eigenvalue weighted by Gasteiger charge is 2.30. The van der Waals surface area contributed by atoms with Crippen molar-refractivity contribution < 1.29 is 14.1 Å². The minimum absolute atomic E-state index is 0.170. The van der Waals surface area contributed by atoms with Crippen molar-refractivity contribution in [1.82, 2.24) is 25.0 Å². The van der Waals surface area contributed by atoms with Crippen molar-refractivity contribution in [2.45, 2.75) is 59.5 Å². The van der Waals surface area contributed by atoms with Crippen LogP contribution >= 0.6 is 11.3 Å². The largest absolute Gasteiger partial charge is 0.384 e. The van der Waals surface area contributed by atoms with Gasteiger partial charge < -0.3 is 20.9 Å². The molecule has 4 aromatic heterocycles. The summed E-state index contributed by atoms with van der Waals surface area (Å²) in [7, 11) is 1.67. The van der Waals surface area contributed by atoms with Gasteiger partial charge in [-0.05, 0) is 51.3 Å². The van der Waals surface area contributed by atoms with E-state index in [-0.39, 0.29) is 17.2 Å². The van der Waals surface area contributed by atoms with Crippen LogP contribution in [0, 0.1) is 0 Å². The minimum atomic E-state index is -0.523. The predicted molar refractivity (Wildman–Crippen MR) is 175 cm³/mol. The first-order valence-electron chi connectivity index (χ1n) is 14.3. The Balaban J connectivity index is 0.000000217. The van der Waals surface area contributed by atoms with Crippen LogP contribution in [0.3, 0.4) is 0 Å². The molecule has 4 N–H and O–H groups in total. The van der Waals surface area contributed by atoms with Gasteiger partial charge in [0.2, 0.25) is 5.91 Å². The van der Waals surface area contributed by atoms with Gasteiger partial charge in [0.05, 0.1) is 12.7 Å². The summed E-state index contributed by atoms with van der Waals surface area (Å²) in [4.78, 5) is 45.2. The normalized spacial score (nSPS) is 15.0. The first-order valence-corrected chi connectivity index (χ1v) is 15.1. The number of amides is 1. The molecular weight excluding hydrogens is 578 g/mol. The molecule has 230 valence electrons. The number of rotatable bonds is 9. The monoisotopic (exact) mass is 615 g/mol. The van der Waals surface area contributed by atoms with Crippen LogP contribution in [0.1, 0.15) is 73.5 Å². The van der Waals surface area contributed by atoms with Crippen LogP contribution in [0.5, 0.6) is 0 Å². The molecule has 0 fully saturated rings. The van der Waals surface area contributed by atoms with Gasteiger partial charge >= 0.3 is 0 Å². The van der Waals surface area contributed by atoms with Crippen LogP contribution in [0.15, 0.2) is 69.3 Å². The highest BCUT2D eigenvalue weighted by Crippen LogP contribution is 2.29. The fraction of sp³-hybridized carbons (Fsp3) is 0.312. The van der Waals surface area contributed by atoms with Crippen molar-refractivity contribution in [3.63, 3.8) is 0 Å². The summed E-state index contributed by atoms with van der Waals surface area (Å²) in [5, 5.41) is 10.7. The van der Waals surface area contributed by atoms with Crippen LogP contribution in [0.2, 0.25) is 0 Å². The smallest absolute Gasteiger partial charge is 0.277 e. The zero-order chi connectivity index (χ0) is 31.8. The fourth-order valence-electron chi connectivity index (χ4n) is 4.93. The van der Waals surface area contributed by atoms with Crippen LogP contribution in [-0.4, -0.2) is 38.9 Å². The second-order valence-corrected chi connectivity index (χ2v) is 11.4. The summed E-state index contributed by atoms with van der Waals surface area (Å²) in [6.45, 7) is 8.57. The van der Waals surface area contributed by atoms with E-state index in [0.717, 1.165) is 38.2 Å². The Morgan fingerprint density at radius 3 is 2.70 bits per heavy atom. The molecule has 0 aromatic carbocycles. The lowest BCUT2D eigenvalue weighted by atomic mass is 9.97. The number of fused-ring (bicyclic) bond motifs is 2. The Kier molecular flexibility index (Phi) is 10.6. The van der Waals surface area contributed by atoms with Crippen LogP contribution in [-0.2, 0) is 17.8 Å². The van der Waals surface area contributed by atoms with Gasteiger partial charge in [0, 0.05) is 46.3 Å². The Hall–Kier alpha value is -4.84. The molecule has 1 amide bonds. The van der Waals surface area contributed by atoms with E-state index in [1.807, 2.05) is 44.2 Å². The number of carbonyl (C=O) groups excluding carboxylic acids is 2. The highest BCUT2D eigenvalue weighted by atomic mass is 32.1. The maximum absolute atomic E-state index is 12.7. The average Bonchev–Trinajstić information content (AvgIpc) is 3.77. The van der Waals surface area contributed by atoms with Gasteiger partial charge in [0.25, 0.3) is 5.56 Å². The van der Waals surface area contributed by atoms with E-state index < -0.39 is 6.04 Å². The number of anilines is 2. The van der Waals surface area contributed by atoms with Gasteiger partial charge in [-0.25, -0.2) is 9.97 Å². The van der Waals surface area contributed by atoms with Gasteiger partial charge in [-0.3, -0.25) is 19.0 Å². The van der Waals surface area contributed by atoms with E-state index in [1.165, 1.54) is 16.3 Å². The number of hydrogen-bond acceptors (Lipinski definition) is 10. The molecule has 0 bridgehead atoms. The van der Waals surface area contributed by atoms with E-state index in [9.17, 15) is 14.4 Å². The Bertz CT molecular complexity index is 1810. The Morgan fingerprint density at radius 2 is 2.02 bits per heavy atom. The molecule has 0 spiro atoms. The Morgan fingerprint density at radius 1 is 1.23 bits per heavy atom. The van der Waals surface area contributed by atoms with Crippen molar-refractivity contribution in [2.24, 2.45) is 0 Å². The number of nitrogens with zero attached hydrogens (tertiary/aromatic N) is 4. The second-order valence-electron chi connectivity index (χ2n) is 10.3. The fourth-order valence-corrected chi connectivity index (χ4v) is 5.95. The van der Waals surface area contributed by atoms with Gasteiger partial charge in [0.1, 0.15) is 29.1 Å². The lowest BCUT2D eigenvalue weighted by Gasteiger charge is -2.14. The molecule has 1 unspecified atom stereocenters. The summed E-state index contributed by atoms with van der Waals surface area (Å²) < 4.78 is 7.48. The first-order chi connectivity index (χ1) is 21.2. The molecule has 0 aliphatic carbocycles. The van der Waals surface area contributed by atoms with Crippen molar-refractivity contribution in [3.05, 3.63) is 92.5 Å². The molecule has 1 aliphatic heterocycles. The average molecular weight is 616 g/mol. The van der Waals surface area contributed by atoms with Gasteiger partial charge in [-0.2, -0.15) is 0 Å². The predicted octanol–water partition coefficient (Wildman–Crippen LogP) is 5.47. The van der Waals surface area contributed by atoms with Crippen LogP contribution in [0.4, 0.5) is 11.5 Å². The van der Waals surface area contributed by atoms with Crippen LogP contribution in [0.25, 0.3) is 15.7 Å². The number of hydrogen-bond donors (Lipinski definition) is 3. The number of nitrogens with two attached hydrogens (primary N) is 1. The number of nitrogen functional groups attached to an aromatic ring is 1. The molecule has 5 heterocycles. The summed E-state index contributed by atoms with van der Waals surface area (Å²) in [6, 6.07) is 4.96.